The fourth-order valence-electron chi connectivity index (χ4n) is 6.13. The molecule has 0 saturated heterocycles. The molecule has 0 radical (unpaired) electrons. The highest BCUT2D eigenvalue weighted by atomic mass is 32.1. The van der Waals surface area contributed by atoms with Crippen LogP contribution in [0.1, 0.15) is 51.0 Å². The number of nitrogens with zero attached hydrogens (tertiary/aromatic N) is 1. The van der Waals surface area contributed by atoms with Crippen LogP contribution in [-0.4, -0.2) is 16.8 Å². The van der Waals surface area contributed by atoms with Gasteiger partial charge < -0.3 is 10.6 Å². The van der Waals surface area contributed by atoms with Crippen molar-refractivity contribution >= 4 is 44.2 Å². The first-order chi connectivity index (χ1) is 12.9. The Morgan fingerprint density at radius 2 is 1.70 bits per heavy atom. The van der Waals surface area contributed by atoms with Gasteiger partial charge in [0.15, 0.2) is 5.13 Å². The number of benzene rings is 1. The highest BCUT2D eigenvalue weighted by Crippen LogP contribution is 2.60. The summed E-state index contributed by atoms with van der Waals surface area (Å²) in [7, 11) is 0. The molecule has 0 aliphatic heterocycles. The second kappa shape index (κ2) is 6.03. The summed E-state index contributed by atoms with van der Waals surface area (Å²) >= 11 is 1.45. The molecule has 5 nitrogen and oxygen atoms in total. The molecule has 4 bridgehead atoms. The van der Waals surface area contributed by atoms with Crippen LogP contribution in [0, 0.1) is 30.1 Å². The van der Waals surface area contributed by atoms with Gasteiger partial charge in [0.1, 0.15) is 0 Å². The lowest BCUT2D eigenvalue weighted by Gasteiger charge is -2.55. The molecule has 2 N–H and O–H groups in total. The Hall–Kier alpha value is -1.95. The third-order valence-corrected chi connectivity index (χ3v) is 7.66. The second-order valence-electron chi connectivity index (χ2n) is 8.99. The van der Waals surface area contributed by atoms with Gasteiger partial charge in [-0.3, -0.25) is 9.59 Å². The molecule has 142 valence electrons. The standard InChI is InChI=1S/C21H25N3O2S/c1-11-3-16(7-17-18(11)24-20(27-17)22-12(2)25)23-19(26)21-8-13-4-14(9-21)6-15(5-13)10-21/h3,7,13-15H,4-6,8-10H2,1-2H3,(H,23,26)(H,22,24,25). The fourth-order valence-corrected chi connectivity index (χ4v) is 7.15. The summed E-state index contributed by atoms with van der Waals surface area (Å²) in [5, 5.41) is 6.59. The van der Waals surface area contributed by atoms with Crippen molar-refractivity contribution in [3.05, 3.63) is 17.7 Å². The van der Waals surface area contributed by atoms with Crippen molar-refractivity contribution in [2.24, 2.45) is 23.2 Å². The van der Waals surface area contributed by atoms with Crippen LogP contribution in [0.3, 0.4) is 0 Å². The SMILES string of the molecule is CC(=O)Nc1nc2c(C)cc(NC(=O)C34CC5CC(CC(C5)C3)C4)cc2s1. The predicted molar refractivity (Wildman–Crippen MR) is 108 cm³/mol. The van der Waals surface area contributed by atoms with Gasteiger partial charge in [-0.1, -0.05) is 11.3 Å². The minimum Gasteiger partial charge on any atom is -0.326 e. The third kappa shape index (κ3) is 2.94. The van der Waals surface area contributed by atoms with Crippen LogP contribution in [-0.2, 0) is 9.59 Å². The van der Waals surface area contributed by atoms with Crippen molar-refractivity contribution in [2.45, 2.75) is 52.4 Å². The zero-order valence-electron chi connectivity index (χ0n) is 15.8. The maximum absolute atomic E-state index is 13.3. The molecule has 0 spiro atoms. The van der Waals surface area contributed by atoms with Crippen LogP contribution in [0.2, 0.25) is 0 Å². The number of thiazole rings is 1. The van der Waals surface area contributed by atoms with E-state index in [4.69, 9.17) is 0 Å². The molecule has 4 fully saturated rings. The van der Waals surface area contributed by atoms with Gasteiger partial charge in [-0.25, -0.2) is 4.98 Å². The number of aryl methyl sites for hydroxylation is 1. The van der Waals surface area contributed by atoms with Crippen molar-refractivity contribution in [3.8, 4) is 0 Å². The fraction of sp³-hybridized carbons (Fsp3) is 0.571. The molecular weight excluding hydrogens is 358 g/mol. The van der Waals surface area contributed by atoms with Crippen LogP contribution in [0.15, 0.2) is 12.1 Å². The molecule has 1 heterocycles. The highest BCUT2D eigenvalue weighted by molar-refractivity contribution is 7.22. The first kappa shape index (κ1) is 17.2. The van der Waals surface area contributed by atoms with Gasteiger partial charge in [-0.15, -0.1) is 0 Å². The number of aromatic nitrogens is 1. The van der Waals surface area contributed by atoms with Gasteiger partial charge >= 0.3 is 0 Å². The summed E-state index contributed by atoms with van der Waals surface area (Å²) < 4.78 is 0.986. The number of carbonyl (C=O) groups excluding carboxylic acids is 2. The summed E-state index contributed by atoms with van der Waals surface area (Å²) in [5.74, 6) is 2.36. The normalized spacial score (nSPS) is 31.3. The zero-order chi connectivity index (χ0) is 18.8. The van der Waals surface area contributed by atoms with Gasteiger partial charge in [0, 0.05) is 12.6 Å². The van der Waals surface area contributed by atoms with E-state index in [1.807, 2.05) is 19.1 Å². The molecule has 4 aliphatic rings. The monoisotopic (exact) mass is 383 g/mol. The second-order valence-corrected chi connectivity index (χ2v) is 10.0. The summed E-state index contributed by atoms with van der Waals surface area (Å²) in [6.45, 7) is 3.48. The van der Waals surface area contributed by atoms with Crippen LogP contribution < -0.4 is 10.6 Å². The number of carbonyl (C=O) groups is 2. The van der Waals surface area contributed by atoms with Crippen molar-refractivity contribution in [3.63, 3.8) is 0 Å². The average Bonchev–Trinajstić information content (AvgIpc) is 2.95. The van der Waals surface area contributed by atoms with E-state index >= 15 is 0 Å². The number of rotatable bonds is 3. The molecule has 0 atom stereocenters. The van der Waals surface area contributed by atoms with E-state index in [9.17, 15) is 9.59 Å². The predicted octanol–water partition coefficient (Wildman–Crippen LogP) is 4.72. The Bertz CT molecular complexity index is 913. The lowest BCUT2D eigenvalue weighted by atomic mass is 9.49. The van der Waals surface area contributed by atoms with Crippen molar-refractivity contribution in [1.29, 1.82) is 0 Å². The Morgan fingerprint density at radius 3 is 2.30 bits per heavy atom. The largest absolute Gasteiger partial charge is 0.326 e. The zero-order valence-corrected chi connectivity index (χ0v) is 16.6. The molecule has 4 saturated carbocycles. The first-order valence-corrected chi connectivity index (χ1v) is 10.7. The Labute approximate surface area is 162 Å². The van der Waals surface area contributed by atoms with E-state index in [-0.39, 0.29) is 17.2 Å². The Balaban J connectivity index is 1.41. The van der Waals surface area contributed by atoms with Gasteiger partial charge in [0.2, 0.25) is 11.8 Å². The molecule has 1 aromatic carbocycles. The van der Waals surface area contributed by atoms with Crippen LogP contribution in [0.4, 0.5) is 10.8 Å². The quantitative estimate of drug-likeness (QED) is 0.806. The minimum atomic E-state index is -0.146. The van der Waals surface area contributed by atoms with E-state index in [1.165, 1.54) is 37.5 Å². The summed E-state index contributed by atoms with van der Waals surface area (Å²) in [6, 6.07) is 3.99. The molecule has 2 aromatic rings. The van der Waals surface area contributed by atoms with Gasteiger partial charge in [0.25, 0.3) is 0 Å². The number of hydrogen-bond donors (Lipinski definition) is 2. The van der Waals surface area contributed by atoms with Gasteiger partial charge in [-0.05, 0) is 80.9 Å². The lowest BCUT2D eigenvalue weighted by molar-refractivity contribution is -0.140. The van der Waals surface area contributed by atoms with E-state index < -0.39 is 0 Å². The smallest absolute Gasteiger partial charge is 0.230 e. The van der Waals surface area contributed by atoms with Crippen LogP contribution >= 0.6 is 11.3 Å². The van der Waals surface area contributed by atoms with Crippen molar-refractivity contribution < 1.29 is 9.59 Å². The number of hydrogen-bond acceptors (Lipinski definition) is 4. The third-order valence-electron chi connectivity index (χ3n) is 6.75. The minimum absolute atomic E-state index is 0.123. The van der Waals surface area contributed by atoms with E-state index in [2.05, 4.69) is 15.6 Å². The average molecular weight is 384 g/mol. The van der Waals surface area contributed by atoms with Crippen LogP contribution in [0.25, 0.3) is 10.2 Å². The highest BCUT2D eigenvalue weighted by Gasteiger charge is 2.54. The van der Waals surface area contributed by atoms with E-state index in [1.54, 1.807) is 0 Å². The molecule has 1 aromatic heterocycles. The Morgan fingerprint density at radius 1 is 1.07 bits per heavy atom. The maximum Gasteiger partial charge on any atom is 0.230 e. The summed E-state index contributed by atoms with van der Waals surface area (Å²) in [5.41, 5.74) is 2.60. The van der Waals surface area contributed by atoms with Crippen LogP contribution in [0.5, 0.6) is 0 Å². The number of amides is 2. The molecule has 0 unspecified atom stereocenters. The topological polar surface area (TPSA) is 71.1 Å². The van der Waals surface area contributed by atoms with E-state index in [0.717, 1.165) is 58.5 Å². The van der Waals surface area contributed by atoms with E-state index in [0.29, 0.717) is 5.13 Å². The lowest BCUT2D eigenvalue weighted by Crippen LogP contribution is -2.51. The number of fused-ring (bicyclic) bond motifs is 1. The molecule has 27 heavy (non-hydrogen) atoms. The van der Waals surface area contributed by atoms with Gasteiger partial charge in [-0.2, -0.15) is 0 Å². The van der Waals surface area contributed by atoms with Crippen molar-refractivity contribution in [1.82, 2.24) is 4.98 Å². The Kier molecular flexibility index (Phi) is 3.83. The number of nitrogens with one attached hydrogen (secondary N) is 2. The van der Waals surface area contributed by atoms with Crippen molar-refractivity contribution in [2.75, 3.05) is 10.6 Å². The molecule has 6 heteroatoms. The summed E-state index contributed by atoms with van der Waals surface area (Å²) in [6.07, 6.45) is 7.22. The molecule has 2 amide bonds. The first-order valence-electron chi connectivity index (χ1n) is 9.90. The number of anilines is 2. The maximum atomic E-state index is 13.3. The molecule has 4 aliphatic carbocycles. The molecule has 6 rings (SSSR count). The summed E-state index contributed by atoms with van der Waals surface area (Å²) in [4.78, 5) is 29.1. The van der Waals surface area contributed by atoms with Gasteiger partial charge in [0.05, 0.1) is 15.6 Å². The molecular formula is C21H25N3O2S.